The summed E-state index contributed by atoms with van der Waals surface area (Å²) in [6.07, 6.45) is 11.8. The highest BCUT2D eigenvalue weighted by Crippen LogP contribution is 2.32. The highest BCUT2D eigenvalue weighted by molar-refractivity contribution is 5.81. The van der Waals surface area contributed by atoms with Crippen LogP contribution < -0.4 is 0 Å². The molecule has 134 valence electrons. The number of carbonyl (C=O) groups excluding carboxylic acids is 1. The van der Waals surface area contributed by atoms with Crippen LogP contribution in [0.3, 0.4) is 0 Å². The summed E-state index contributed by atoms with van der Waals surface area (Å²) < 4.78 is 5.72. The number of esters is 1. The van der Waals surface area contributed by atoms with Gasteiger partial charge in [0.25, 0.3) is 0 Å². The number of aliphatic carboxylic acids is 1. The van der Waals surface area contributed by atoms with E-state index in [9.17, 15) is 14.7 Å². The van der Waals surface area contributed by atoms with E-state index in [0.29, 0.717) is 12.8 Å². The van der Waals surface area contributed by atoms with E-state index in [0.717, 1.165) is 38.5 Å². The Kier molecular flexibility index (Phi) is 9.97. The zero-order chi connectivity index (χ0) is 17.1. The highest BCUT2D eigenvalue weighted by atomic mass is 16.5. The first kappa shape index (κ1) is 20.0. The van der Waals surface area contributed by atoms with Crippen LogP contribution in [0.25, 0.3) is 0 Å². The molecule has 23 heavy (non-hydrogen) atoms. The van der Waals surface area contributed by atoms with Crippen molar-refractivity contribution in [1.82, 2.24) is 0 Å². The Labute approximate surface area is 141 Å². The predicted octanol–water partition coefficient (Wildman–Crippen LogP) is 4.95. The standard InChI is InChI=1S/C19H34O4/c1-3-5-6-7-8-12-15(11-4-2)23-19(22)17-14-10-9-13-16(17)18(20)21/h15-17H,3-14H2,1-2H3,(H,20,21). The molecule has 1 N–H and O–H groups in total. The lowest BCUT2D eigenvalue weighted by atomic mass is 9.79. The maximum atomic E-state index is 12.4. The molecular weight excluding hydrogens is 292 g/mol. The summed E-state index contributed by atoms with van der Waals surface area (Å²) in [7, 11) is 0. The van der Waals surface area contributed by atoms with Crippen molar-refractivity contribution >= 4 is 11.9 Å². The van der Waals surface area contributed by atoms with Crippen LogP contribution in [0, 0.1) is 11.8 Å². The summed E-state index contributed by atoms with van der Waals surface area (Å²) >= 11 is 0. The Balaban J connectivity index is 2.46. The van der Waals surface area contributed by atoms with Crippen LogP contribution in [0.15, 0.2) is 0 Å². The summed E-state index contributed by atoms with van der Waals surface area (Å²) in [5, 5.41) is 9.31. The number of carboxylic acid groups (broad SMARTS) is 1. The van der Waals surface area contributed by atoms with Crippen LogP contribution in [0.4, 0.5) is 0 Å². The van der Waals surface area contributed by atoms with Gasteiger partial charge < -0.3 is 9.84 Å². The third-order valence-corrected chi connectivity index (χ3v) is 4.91. The number of rotatable bonds is 11. The van der Waals surface area contributed by atoms with Gasteiger partial charge in [-0.2, -0.15) is 0 Å². The molecule has 1 saturated carbocycles. The molecule has 1 aliphatic rings. The number of unbranched alkanes of at least 4 members (excludes halogenated alkanes) is 4. The van der Waals surface area contributed by atoms with E-state index in [1.54, 1.807) is 0 Å². The lowest BCUT2D eigenvalue weighted by Gasteiger charge is -2.28. The molecule has 0 aromatic carbocycles. The molecule has 1 rings (SSSR count). The van der Waals surface area contributed by atoms with Gasteiger partial charge in [0.1, 0.15) is 6.10 Å². The minimum Gasteiger partial charge on any atom is -0.481 e. The fourth-order valence-corrected chi connectivity index (χ4v) is 3.52. The van der Waals surface area contributed by atoms with E-state index < -0.39 is 17.8 Å². The van der Waals surface area contributed by atoms with Gasteiger partial charge in [0.15, 0.2) is 0 Å². The summed E-state index contributed by atoms with van der Waals surface area (Å²) in [6.45, 7) is 4.29. The quantitative estimate of drug-likeness (QED) is 0.431. The number of carbonyl (C=O) groups is 2. The van der Waals surface area contributed by atoms with Crippen molar-refractivity contribution in [3.05, 3.63) is 0 Å². The van der Waals surface area contributed by atoms with Gasteiger partial charge >= 0.3 is 11.9 Å². The van der Waals surface area contributed by atoms with E-state index in [2.05, 4.69) is 13.8 Å². The van der Waals surface area contributed by atoms with E-state index in [1.165, 1.54) is 25.7 Å². The minimum atomic E-state index is -0.849. The molecular formula is C19H34O4. The largest absolute Gasteiger partial charge is 0.481 e. The maximum Gasteiger partial charge on any atom is 0.310 e. The van der Waals surface area contributed by atoms with Crippen molar-refractivity contribution in [3.8, 4) is 0 Å². The molecule has 4 heteroatoms. The van der Waals surface area contributed by atoms with Crippen molar-refractivity contribution in [3.63, 3.8) is 0 Å². The predicted molar refractivity (Wildman–Crippen MR) is 91.2 cm³/mol. The third kappa shape index (κ3) is 7.36. The number of carboxylic acids is 1. The van der Waals surface area contributed by atoms with Gasteiger partial charge in [0.05, 0.1) is 11.8 Å². The van der Waals surface area contributed by atoms with Gasteiger partial charge in [-0.1, -0.05) is 58.8 Å². The fraction of sp³-hybridized carbons (Fsp3) is 0.895. The second kappa shape index (κ2) is 11.5. The Hall–Kier alpha value is -1.06. The number of ether oxygens (including phenoxy) is 1. The Bertz CT molecular complexity index is 353. The van der Waals surface area contributed by atoms with E-state index >= 15 is 0 Å². The lowest BCUT2D eigenvalue weighted by molar-refractivity contribution is -0.164. The summed E-state index contributed by atoms with van der Waals surface area (Å²) in [5.41, 5.74) is 0. The van der Waals surface area contributed by atoms with Gasteiger partial charge in [-0.25, -0.2) is 0 Å². The smallest absolute Gasteiger partial charge is 0.310 e. The molecule has 0 saturated heterocycles. The molecule has 0 aliphatic heterocycles. The topological polar surface area (TPSA) is 63.6 Å². The average molecular weight is 326 g/mol. The van der Waals surface area contributed by atoms with Gasteiger partial charge in [-0.3, -0.25) is 9.59 Å². The van der Waals surface area contributed by atoms with E-state index in [-0.39, 0.29) is 12.1 Å². The average Bonchev–Trinajstić information content (AvgIpc) is 2.54. The fourth-order valence-electron chi connectivity index (χ4n) is 3.52. The van der Waals surface area contributed by atoms with E-state index in [4.69, 9.17) is 4.74 Å². The monoisotopic (exact) mass is 326 g/mol. The molecule has 0 aromatic heterocycles. The minimum absolute atomic E-state index is 0.0366. The molecule has 0 bridgehead atoms. The lowest BCUT2D eigenvalue weighted by Crippen LogP contribution is -2.35. The van der Waals surface area contributed by atoms with Crippen molar-refractivity contribution in [2.24, 2.45) is 11.8 Å². The van der Waals surface area contributed by atoms with Gasteiger partial charge in [0, 0.05) is 0 Å². The van der Waals surface area contributed by atoms with Crippen molar-refractivity contribution in [2.45, 2.75) is 97.0 Å². The molecule has 0 spiro atoms. The van der Waals surface area contributed by atoms with Crippen molar-refractivity contribution in [1.29, 1.82) is 0 Å². The van der Waals surface area contributed by atoms with Crippen LogP contribution >= 0.6 is 0 Å². The second-order valence-corrected chi connectivity index (χ2v) is 6.89. The molecule has 4 nitrogen and oxygen atoms in total. The van der Waals surface area contributed by atoms with Crippen LogP contribution in [0.2, 0.25) is 0 Å². The van der Waals surface area contributed by atoms with E-state index in [1.807, 2.05) is 0 Å². The van der Waals surface area contributed by atoms with Gasteiger partial charge in [0.2, 0.25) is 0 Å². The first-order valence-corrected chi connectivity index (χ1v) is 9.53. The molecule has 3 atom stereocenters. The molecule has 0 amide bonds. The maximum absolute atomic E-state index is 12.4. The summed E-state index contributed by atoms with van der Waals surface area (Å²) in [5.74, 6) is -2.12. The molecule has 1 aliphatic carbocycles. The first-order valence-electron chi connectivity index (χ1n) is 9.53. The van der Waals surface area contributed by atoms with Crippen LogP contribution in [-0.4, -0.2) is 23.1 Å². The zero-order valence-corrected chi connectivity index (χ0v) is 14.9. The Morgan fingerprint density at radius 1 is 0.957 bits per heavy atom. The molecule has 0 radical (unpaired) electrons. The normalized spacial score (nSPS) is 22.5. The zero-order valence-electron chi connectivity index (χ0n) is 14.9. The van der Waals surface area contributed by atoms with Crippen LogP contribution in [-0.2, 0) is 14.3 Å². The third-order valence-electron chi connectivity index (χ3n) is 4.91. The van der Waals surface area contributed by atoms with Crippen molar-refractivity contribution in [2.75, 3.05) is 0 Å². The molecule has 0 aromatic rings. The second-order valence-electron chi connectivity index (χ2n) is 6.89. The van der Waals surface area contributed by atoms with Gasteiger partial charge in [-0.15, -0.1) is 0 Å². The summed E-state index contributed by atoms with van der Waals surface area (Å²) in [4.78, 5) is 23.8. The summed E-state index contributed by atoms with van der Waals surface area (Å²) in [6, 6.07) is 0. The number of hydrogen-bond acceptors (Lipinski definition) is 3. The van der Waals surface area contributed by atoms with Gasteiger partial charge in [-0.05, 0) is 32.1 Å². The molecule has 1 fully saturated rings. The van der Waals surface area contributed by atoms with Crippen LogP contribution in [0.1, 0.15) is 90.9 Å². The van der Waals surface area contributed by atoms with Crippen LogP contribution in [0.5, 0.6) is 0 Å². The highest BCUT2D eigenvalue weighted by Gasteiger charge is 2.37. The SMILES string of the molecule is CCCCCCCC(CCC)OC(=O)C1CCCCC1C(=O)O. The Morgan fingerprint density at radius 3 is 2.22 bits per heavy atom. The molecule has 3 unspecified atom stereocenters. The Morgan fingerprint density at radius 2 is 1.61 bits per heavy atom. The number of hydrogen-bond donors (Lipinski definition) is 1. The molecule has 0 heterocycles. The first-order chi connectivity index (χ1) is 11.1. The van der Waals surface area contributed by atoms with Crippen molar-refractivity contribution < 1.29 is 19.4 Å².